The summed E-state index contributed by atoms with van der Waals surface area (Å²) in [4.78, 5) is 45.0. The van der Waals surface area contributed by atoms with Gasteiger partial charge in [-0.15, -0.1) is 0 Å². The summed E-state index contributed by atoms with van der Waals surface area (Å²) in [6.07, 6.45) is 4.72. The van der Waals surface area contributed by atoms with Gasteiger partial charge in [-0.2, -0.15) is 0 Å². The third-order valence-electron chi connectivity index (χ3n) is 8.50. The van der Waals surface area contributed by atoms with E-state index in [1.165, 1.54) is 0 Å². The first-order valence-electron chi connectivity index (χ1n) is 14.7. The predicted molar refractivity (Wildman–Crippen MR) is 167 cm³/mol. The number of anilines is 4. The second kappa shape index (κ2) is 11.1. The van der Waals surface area contributed by atoms with E-state index in [-0.39, 0.29) is 29.7 Å². The lowest BCUT2D eigenvalue weighted by atomic mass is 9.73. The van der Waals surface area contributed by atoms with Crippen molar-refractivity contribution in [1.82, 2.24) is 14.9 Å². The summed E-state index contributed by atoms with van der Waals surface area (Å²) < 4.78 is 0. The van der Waals surface area contributed by atoms with Crippen LogP contribution in [0, 0.1) is 5.41 Å². The summed E-state index contributed by atoms with van der Waals surface area (Å²) in [5, 5.41) is 3.65. The predicted octanol–water partition coefficient (Wildman–Crippen LogP) is 4.51. The van der Waals surface area contributed by atoms with Crippen molar-refractivity contribution in [3.05, 3.63) is 83.8 Å². The minimum atomic E-state index is -0.390. The van der Waals surface area contributed by atoms with Crippen molar-refractivity contribution in [1.29, 1.82) is 0 Å². The number of hydrogen-bond donors (Lipinski definition) is 1. The molecule has 0 spiro atoms. The molecular formula is C33H39N7O2. The van der Waals surface area contributed by atoms with Crippen LogP contribution < -0.4 is 20.0 Å². The number of nitrogens with zero attached hydrogens (tertiary/aromatic N) is 6. The molecule has 9 nitrogen and oxygen atoms in total. The zero-order valence-corrected chi connectivity index (χ0v) is 24.9. The van der Waals surface area contributed by atoms with E-state index in [0.717, 1.165) is 40.3 Å². The zero-order valence-electron chi connectivity index (χ0n) is 24.9. The van der Waals surface area contributed by atoms with E-state index in [1.54, 1.807) is 18.5 Å². The number of carbonyl (C=O) groups excluding carboxylic acids is 2. The number of benzene rings is 2. The Morgan fingerprint density at radius 1 is 0.952 bits per heavy atom. The third-order valence-corrected chi connectivity index (χ3v) is 8.50. The standard InChI is InChI=1S/C33H39N7O2/c1-33(2)20-26-30(28(41)21-33)31(23-10-12-24(13-11-23)37(3)4)40(27-9-6-5-8-25(27)36-26)22-29(42)38-16-18-39(19-17-38)32-34-14-7-15-35-32/h5-15,31,36H,16-22H2,1-4H3. The molecule has 1 N–H and O–H groups in total. The Hall–Kier alpha value is -4.40. The topological polar surface area (TPSA) is 84.9 Å². The summed E-state index contributed by atoms with van der Waals surface area (Å²) >= 11 is 0. The molecule has 218 valence electrons. The number of allylic oxidation sites excluding steroid dienone is 1. The Labute approximate surface area is 247 Å². The highest BCUT2D eigenvalue weighted by Gasteiger charge is 2.42. The quantitative estimate of drug-likeness (QED) is 0.484. The Morgan fingerprint density at radius 3 is 2.33 bits per heavy atom. The number of carbonyl (C=O) groups is 2. The van der Waals surface area contributed by atoms with E-state index in [9.17, 15) is 9.59 Å². The van der Waals surface area contributed by atoms with Gasteiger partial charge in [0.25, 0.3) is 0 Å². The first kappa shape index (κ1) is 27.8. The molecular weight excluding hydrogens is 526 g/mol. The van der Waals surface area contributed by atoms with E-state index in [4.69, 9.17) is 0 Å². The number of amides is 1. The van der Waals surface area contributed by atoms with Gasteiger partial charge in [0.2, 0.25) is 11.9 Å². The maximum Gasteiger partial charge on any atom is 0.242 e. The molecule has 0 radical (unpaired) electrons. The molecule has 0 bridgehead atoms. The number of para-hydroxylation sites is 2. The van der Waals surface area contributed by atoms with Crippen LogP contribution in [-0.4, -0.2) is 73.4 Å². The van der Waals surface area contributed by atoms with Gasteiger partial charge in [-0.1, -0.05) is 38.1 Å². The molecule has 1 atom stereocenters. The van der Waals surface area contributed by atoms with Crippen LogP contribution in [0.15, 0.2) is 78.3 Å². The second-order valence-electron chi connectivity index (χ2n) is 12.4. The summed E-state index contributed by atoms with van der Waals surface area (Å²) in [5.41, 5.74) is 5.49. The molecule has 1 fully saturated rings. The van der Waals surface area contributed by atoms with E-state index >= 15 is 0 Å². The molecule has 1 unspecified atom stereocenters. The summed E-state index contributed by atoms with van der Waals surface area (Å²) in [6, 6.07) is 17.9. The fourth-order valence-corrected chi connectivity index (χ4v) is 6.38. The molecule has 1 saturated heterocycles. The van der Waals surface area contributed by atoms with Gasteiger partial charge in [-0.05, 0) is 47.7 Å². The average molecular weight is 566 g/mol. The van der Waals surface area contributed by atoms with Crippen molar-refractivity contribution in [2.45, 2.75) is 32.7 Å². The maximum atomic E-state index is 14.0. The normalized spacial score (nSPS) is 20.0. The number of fused-ring (bicyclic) bond motifs is 1. The van der Waals surface area contributed by atoms with Crippen LogP contribution in [0.4, 0.5) is 23.0 Å². The summed E-state index contributed by atoms with van der Waals surface area (Å²) in [6.45, 7) is 6.99. The van der Waals surface area contributed by atoms with E-state index in [1.807, 2.05) is 37.2 Å². The number of rotatable bonds is 5. The smallest absolute Gasteiger partial charge is 0.242 e. The molecule has 1 aromatic heterocycles. The van der Waals surface area contributed by atoms with Gasteiger partial charge >= 0.3 is 0 Å². The molecule has 3 aromatic rings. The Morgan fingerprint density at radius 2 is 1.64 bits per heavy atom. The molecule has 3 aliphatic rings. The van der Waals surface area contributed by atoms with Crippen molar-refractivity contribution < 1.29 is 9.59 Å². The third kappa shape index (κ3) is 5.43. The highest BCUT2D eigenvalue weighted by molar-refractivity contribution is 6.02. The summed E-state index contributed by atoms with van der Waals surface area (Å²) in [7, 11) is 4.03. The lowest BCUT2D eigenvalue weighted by molar-refractivity contribution is -0.130. The van der Waals surface area contributed by atoms with Crippen LogP contribution in [0.2, 0.25) is 0 Å². The van der Waals surface area contributed by atoms with Crippen molar-refractivity contribution >= 4 is 34.7 Å². The lowest BCUT2D eigenvalue weighted by Crippen LogP contribution is -2.52. The van der Waals surface area contributed by atoms with E-state index in [0.29, 0.717) is 38.5 Å². The fourth-order valence-electron chi connectivity index (χ4n) is 6.38. The van der Waals surface area contributed by atoms with Gasteiger partial charge in [0, 0.05) is 76.0 Å². The van der Waals surface area contributed by atoms with Gasteiger partial charge < -0.3 is 24.9 Å². The Bertz CT molecular complexity index is 1490. The second-order valence-corrected chi connectivity index (χ2v) is 12.4. The Kier molecular flexibility index (Phi) is 7.35. The molecule has 0 saturated carbocycles. The van der Waals surface area contributed by atoms with Gasteiger partial charge in [-0.3, -0.25) is 9.59 Å². The monoisotopic (exact) mass is 565 g/mol. The SMILES string of the molecule is CN(C)c1ccc(C2C3=C(CC(C)(C)CC3=O)Nc3ccccc3N2CC(=O)N2CCN(c3ncccn3)CC2)cc1. The molecule has 6 rings (SSSR count). The number of piperazine rings is 1. The van der Waals surface area contributed by atoms with Gasteiger partial charge in [-0.25, -0.2) is 9.97 Å². The van der Waals surface area contributed by atoms with Crippen molar-refractivity contribution in [3.63, 3.8) is 0 Å². The van der Waals surface area contributed by atoms with Crippen LogP contribution in [0.3, 0.4) is 0 Å². The molecule has 2 aromatic carbocycles. The number of Topliss-reactive ketones (excluding diaryl/α,β-unsaturated/α-hetero) is 1. The first-order valence-corrected chi connectivity index (χ1v) is 14.7. The van der Waals surface area contributed by atoms with Crippen LogP contribution in [0.25, 0.3) is 0 Å². The molecule has 1 amide bonds. The largest absolute Gasteiger partial charge is 0.378 e. The number of hydrogen-bond acceptors (Lipinski definition) is 8. The molecule has 1 aliphatic carbocycles. The molecule has 9 heteroatoms. The average Bonchev–Trinajstić information content (AvgIpc) is 3.11. The first-order chi connectivity index (χ1) is 20.2. The maximum absolute atomic E-state index is 14.0. The molecule has 3 heterocycles. The minimum Gasteiger partial charge on any atom is -0.378 e. The lowest BCUT2D eigenvalue weighted by Gasteiger charge is -2.40. The van der Waals surface area contributed by atoms with Crippen molar-refractivity contribution in [2.75, 3.05) is 66.8 Å². The van der Waals surface area contributed by atoms with Crippen molar-refractivity contribution in [2.24, 2.45) is 5.41 Å². The van der Waals surface area contributed by atoms with Crippen LogP contribution in [0.1, 0.15) is 38.3 Å². The van der Waals surface area contributed by atoms with Crippen LogP contribution >= 0.6 is 0 Å². The Balaban J connectivity index is 1.36. The number of aromatic nitrogens is 2. The summed E-state index contributed by atoms with van der Waals surface area (Å²) in [5.74, 6) is 0.870. The fraction of sp³-hybridized carbons (Fsp3) is 0.394. The minimum absolute atomic E-state index is 0.0426. The van der Waals surface area contributed by atoms with E-state index in [2.05, 4.69) is 74.2 Å². The molecule has 2 aliphatic heterocycles. The molecule has 42 heavy (non-hydrogen) atoms. The highest BCUT2D eigenvalue weighted by atomic mass is 16.2. The highest BCUT2D eigenvalue weighted by Crippen LogP contribution is 2.48. The van der Waals surface area contributed by atoms with Gasteiger partial charge in [0.1, 0.15) is 0 Å². The van der Waals surface area contributed by atoms with E-state index < -0.39 is 0 Å². The number of ketones is 1. The zero-order chi connectivity index (χ0) is 29.4. The van der Waals surface area contributed by atoms with Gasteiger partial charge in [0.05, 0.1) is 24.0 Å². The van der Waals surface area contributed by atoms with Crippen LogP contribution in [0.5, 0.6) is 0 Å². The number of nitrogens with one attached hydrogen (secondary N) is 1. The van der Waals surface area contributed by atoms with Crippen molar-refractivity contribution in [3.8, 4) is 0 Å². The van der Waals surface area contributed by atoms with Crippen LogP contribution in [-0.2, 0) is 9.59 Å². The van der Waals surface area contributed by atoms with Gasteiger partial charge in [0.15, 0.2) is 5.78 Å².